The Morgan fingerprint density at radius 2 is 2.24 bits per heavy atom. The second-order valence-corrected chi connectivity index (χ2v) is 3.82. The minimum absolute atomic E-state index is 0.103. The second-order valence-electron chi connectivity index (χ2n) is 3.82. The van der Waals surface area contributed by atoms with Gasteiger partial charge in [0.25, 0.3) is 0 Å². The summed E-state index contributed by atoms with van der Waals surface area (Å²) >= 11 is 0. The lowest BCUT2D eigenvalue weighted by Crippen LogP contribution is -2.41. The second kappa shape index (κ2) is 5.09. The van der Waals surface area contributed by atoms with Crippen molar-refractivity contribution in [1.82, 2.24) is 9.55 Å². The van der Waals surface area contributed by atoms with Crippen molar-refractivity contribution < 1.29 is 19.4 Å². The first-order valence-corrected chi connectivity index (χ1v) is 5.28. The van der Waals surface area contributed by atoms with Crippen molar-refractivity contribution in [3.63, 3.8) is 0 Å². The first kappa shape index (κ1) is 13.4. The molecule has 6 nitrogen and oxygen atoms in total. The number of aromatic nitrogens is 2. The topological polar surface area (TPSA) is 81.4 Å². The molecule has 0 aliphatic carbocycles. The van der Waals surface area contributed by atoms with Crippen LogP contribution in [0.3, 0.4) is 0 Å². The molecule has 0 spiro atoms. The van der Waals surface area contributed by atoms with Crippen molar-refractivity contribution in [2.75, 3.05) is 6.61 Å². The Hall–Kier alpha value is -1.69. The Labute approximate surface area is 99.2 Å². The summed E-state index contributed by atoms with van der Waals surface area (Å²) in [4.78, 5) is 26.8. The molecule has 1 rings (SSSR count). The lowest BCUT2D eigenvalue weighted by Gasteiger charge is -2.24. The number of aliphatic hydroxyl groups is 1. The van der Waals surface area contributed by atoms with Crippen LogP contribution >= 0.6 is 0 Å². The summed E-state index contributed by atoms with van der Waals surface area (Å²) in [6.07, 6.45) is 2.68. The van der Waals surface area contributed by atoms with Crippen LogP contribution in [0.5, 0.6) is 0 Å². The van der Waals surface area contributed by atoms with Gasteiger partial charge in [0.2, 0.25) is 5.60 Å². The van der Waals surface area contributed by atoms with Gasteiger partial charge >= 0.3 is 5.97 Å². The van der Waals surface area contributed by atoms with Crippen molar-refractivity contribution in [2.45, 2.75) is 25.9 Å². The molecule has 0 aromatic carbocycles. The maximum atomic E-state index is 11.8. The number of aryl methyl sites for hydroxylation is 1. The van der Waals surface area contributed by atoms with Crippen molar-refractivity contribution in [3.8, 4) is 0 Å². The number of imidazole rings is 1. The molecular weight excluding hydrogens is 224 g/mol. The van der Waals surface area contributed by atoms with E-state index in [1.807, 2.05) is 0 Å². The molecule has 0 radical (unpaired) electrons. The average molecular weight is 240 g/mol. The normalized spacial score (nSPS) is 14.1. The highest BCUT2D eigenvalue weighted by atomic mass is 16.5. The third kappa shape index (κ3) is 2.71. The van der Waals surface area contributed by atoms with Crippen LogP contribution in [0.1, 0.15) is 26.1 Å². The maximum absolute atomic E-state index is 11.8. The third-order valence-electron chi connectivity index (χ3n) is 2.31. The van der Waals surface area contributed by atoms with Crippen LogP contribution in [-0.4, -0.2) is 33.0 Å². The number of Topliss-reactive ketones (excluding diaryl/α,β-unsaturated/α-hetero) is 1. The number of ether oxygens (including phenoxy) is 1. The van der Waals surface area contributed by atoms with Crippen LogP contribution < -0.4 is 0 Å². The number of rotatable bonds is 5. The number of ketones is 1. The van der Waals surface area contributed by atoms with E-state index in [4.69, 9.17) is 4.74 Å². The van der Waals surface area contributed by atoms with E-state index in [2.05, 4.69) is 4.98 Å². The Balaban J connectivity index is 3.14. The third-order valence-corrected chi connectivity index (χ3v) is 2.31. The molecule has 0 bridgehead atoms. The van der Waals surface area contributed by atoms with E-state index < -0.39 is 11.6 Å². The lowest BCUT2D eigenvalue weighted by molar-refractivity contribution is -0.169. The standard InChI is InChI=1S/C11H16N2O4/c1-4-17-10(15)11(16,7-8(2)14)9-12-5-6-13(9)3/h5-6,16H,4,7H2,1-3H3. The van der Waals surface area contributed by atoms with Crippen LogP contribution in [0.15, 0.2) is 12.4 Å². The Morgan fingerprint density at radius 1 is 1.59 bits per heavy atom. The average Bonchev–Trinajstić information content (AvgIpc) is 2.64. The van der Waals surface area contributed by atoms with E-state index in [-0.39, 0.29) is 24.6 Å². The zero-order valence-electron chi connectivity index (χ0n) is 10.1. The van der Waals surface area contributed by atoms with Gasteiger partial charge in [0.05, 0.1) is 13.0 Å². The van der Waals surface area contributed by atoms with Crippen molar-refractivity contribution in [1.29, 1.82) is 0 Å². The fraction of sp³-hybridized carbons (Fsp3) is 0.545. The maximum Gasteiger partial charge on any atom is 0.346 e. The Kier molecular flexibility index (Phi) is 4.01. The van der Waals surface area contributed by atoms with Crippen LogP contribution in [0.2, 0.25) is 0 Å². The first-order chi connectivity index (χ1) is 7.91. The predicted octanol–water partition coefficient (Wildman–Crippen LogP) is 0.150. The molecule has 17 heavy (non-hydrogen) atoms. The van der Waals surface area contributed by atoms with E-state index in [0.29, 0.717) is 0 Å². The van der Waals surface area contributed by atoms with E-state index in [1.54, 1.807) is 20.2 Å². The number of hydrogen-bond donors (Lipinski definition) is 1. The molecule has 94 valence electrons. The van der Waals surface area contributed by atoms with Crippen LogP contribution in [0.4, 0.5) is 0 Å². The molecule has 1 aromatic rings. The highest BCUT2D eigenvalue weighted by Gasteiger charge is 2.44. The molecule has 6 heteroatoms. The quantitative estimate of drug-likeness (QED) is 0.741. The lowest BCUT2D eigenvalue weighted by atomic mass is 9.96. The van der Waals surface area contributed by atoms with Gasteiger partial charge in [0.15, 0.2) is 5.82 Å². The highest BCUT2D eigenvalue weighted by molar-refractivity contribution is 5.88. The number of esters is 1. The van der Waals surface area contributed by atoms with Crippen LogP contribution in [0.25, 0.3) is 0 Å². The number of carbonyl (C=O) groups excluding carboxylic acids is 2. The zero-order valence-corrected chi connectivity index (χ0v) is 10.1. The molecule has 1 heterocycles. The predicted molar refractivity (Wildman–Crippen MR) is 59.0 cm³/mol. The fourth-order valence-electron chi connectivity index (χ4n) is 1.62. The molecule has 0 amide bonds. The van der Waals surface area contributed by atoms with Gasteiger partial charge in [-0.25, -0.2) is 9.78 Å². The molecule has 1 aromatic heterocycles. The molecule has 1 unspecified atom stereocenters. The summed E-state index contributed by atoms with van der Waals surface area (Å²) in [5, 5.41) is 10.3. The Bertz CT molecular complexity index is 427. The zero-order chi connectivity index (χ0) is 13.1. The monoisotopic (exact) mass is 240 g/mol. The van der Waals surface area contributed by atoms with Gasteiger partial charge in [-0.05, 0) is 13.8 Å². The highest BCUT2D eigenvalue weighted by Crippen LogP contribution is 2.25. The van der Waals surface area contributed by atoms with Gasteiger partial charge in [-0.15, -0.1) is 0 Å². The SMILES string of the molecule is CCOC(=O)C(O)(CC(C)=O)c1nccn1C. The molecule has 0 aliphatic heterocycles. The molecule has 0 aliphatic rings. The van der Waals surface area contributed by atoms with Gasteiger partial charge in [-0.3, -0.25) is 4.79 Å². The van der Waals surface area contributed by atoms with Gasteiger partial charge in [0.1, 0.15) is 5.78 Å². The largest absolute Gasteiger partial charge is 0.463 e. The van der Waals surface area contributed by atoms with Crippen molar-refractivity contribution in [3.05, 3.63) is 18.2 Å². The van der Waals surface area contributed by atoms with Crippen LogP contribution in [-0.2, 0) is 27.0 Å². The smallest absolute Gasteiger partial charge is 0.346 e. The van der Waals surface area contributed by atoms with Gasteiger partial charge in [0, 0.05) is 19.4 Å². The van der Waals surface area contributed by atoms with Gasteiger partial charge in [-0.2, -0.15) is 0 Å². The molecule has 0 saturated carbocycles. The molecule has 0 saturated heterocycles. The summed E-state index contributed by atoms with van der Waals surface area (Å²) < 4.78 is 6.28. The minimum atomic E-state index is -2.01. The van der Waals surface area contributed by atoms with E-state index in [0.717, 1.165) is 0 Å². The molecule has 0 fully saturated rings. The van der Waals surface area contributed by atoms with Crippen molar-refractivity contribution in [2.24, 2.45) is 7.05 Å². The van der Waals surface area contributed by atoms with E-state index in [1.165, 1.54) is 17.7 Å². The molecular formula is C11H16N2O4. The number of nitrogens with zero attached hydrogens (tertiary/aromatic N) is 2. The van der Waals surface area contributed by atoms with Gasteiger partial charge < -0.3 is 14.4 Å². The number of hydrogen-bond acceptors (Lipinski definition) is 5. The number of carbonyl (C=O) groups is 2. The van der Waals surface area contributed by atoms with Gasteiger partial charge in [-0.1, -0.05) is 0 Å². The first-order valence-electron chi connectivity index (χ1n) is 5.28. The van der Waals surface area contributed by atoms with E-state index >= 15 is 0 Å². The summed E-state index contributed by atoms with van der Waals surface area (Å²) in [5.74, 6) is -1.07. The van der Waals surface area contributed by atoms with E-state index in [9.17, 15) is 14.7 Å². The minimum Gasteiger partial charge on any atom is -0.463 e. The Morgan fingerprint density at radius 3 is 2.65 bits per heavy atom. The summed E-state index contributed by atoms with van der Waals surface area (Å²) in [5.41, 5.74) is -2.01. The van der Waals surface area contributed by atoms with Crippen molar-refractivity contribution >= 4 is 11.8 Å². The fourth-order valence-corrected chi connectivity index (χ4v) is 1.62. The molecule has 1 atom stereocenters. The molecule has 1 N–H and O–H groups in total. The van der Waals surface area contributed by atoms with Crippen LogP contribution in [0, 0.1) is 0 Å². The summed E-state index contributed by atoms with van der Waals surface area (Å²) in [6, 6.07) is 0. The summed E-state index contributed by atoms with van der Waals surface area (Å²) in [7, 11) is 1.63. The summed E-state index contributed by atoms with van der Waals surface area (Å²) in [6.45, 7) is 3.06.